The van der Waals surface area contributed by atoms with Gasteiger partial charge in [0.2, 0.25) is 5.91 Å². The number of benzene rings is 1. The number of fused-ring (bicyclic) bond motifs is 3. The molecule has 0 spiro atoms. The van der Waals surface area contributed by atoms with E-state index in [2.05, 4.69) is 34.0 Å². The molecule has 1 unspecified atom stereocenters. The molecule has 3 aromatic rings. The van der Waals surface area contributed by atoms with Crippen LogP contribution >= 0.6 is 0 Å². The highest BCUT2D eigenvalue weighted by molar-refractivity contribution is 6.12. The second kappa shape index (κ2) is 9.26. The lowest BCUT2D eigenvalue weighted by molar-refractivity contribution is -0.128. The summed E-state index contributed by atoms with van der Waals surface area (Å²) in [5, 5.41) is 2.85. The number of carbonyl (C=O) groups is 2. The van der Waals surface area contributed by atoms with Gasteiger partial charge in [0.1, 0.15) is 23.9 Å². The number of aryl methyl sites for hydroxylation is 1. The summed E-state index contributed by atoms with van der Waals surface area (Å²) in [7, 11) is 0. The monoisotopic (exact) mass is 421 g/mol. The van der Waals surface area contributed by atoms with Crippen LogP contribution in [0.15, 0.2) is 42.7 Å². The number of amides is 1. The Morgan fingerprint density at radius 1 is 1.26 bits per heavy atom. The van der Waals surface area contributed by atoms with Gasteiger partial charge in [-0.2, -0.15) is 0 Å². The van der Waals surface area contributed by atoms with Gasteiger partial charge in [0.05, 0.1) is 17.2 Å². The fourth-order valence-corrected chi connectivity index (χ4v) is 3.95. The first-order valence-corrected chi connectivity index (χ1v) is 10.7. The van der Waals surface area contributed by atoms with Gasteiger partial charge in [-0.3, -0.25) is 14.6 Å². The average Bonchev–Trinajstić information content (AvgIpc) is 3.16. The number of likely N-dealkylation sites (N-methyl/N-ethyl adjacent to an activating group) is 1. The van der Waals surface area contributed by atoms with E-state index in [-0.39, 0.29) is 5.78 Å². The largest absolute Gasteiger partial charge is 0.490 e. The second-order valence-electron chi connectivity index (χ2n) is 7.50. The van der Waals surface area contributed by atoms with Crippen molar-refractivity contribution in [3.8, 4) is 5.75 Å². The number of pyridine rings is 1. The molecule has 2 aromatic heterocycles. The fraction of sp³-hybridized carbons (Fsp3) is 0.391. The molecule has 0 radical (unpaired) electrons. The highest BCUT2D eigenvalue weighted by Gasteiger charge is 2.36. The zero-order valence-corrected chi connectivity index (χ0v) is 17.9. The third kappa shape index (κ3) is 4.29. The van der Waals surface area contributed by atoms with Crippen LogP contribution in [0.1, 0.15) is 32.0 Å². The summed E-state index contributed by atoms with van der Waals surface area (Å²) < 4.78 is 7.87. The highest BCUT2D eigenvalue weighted by atomic mass is 16.5. The van der Waals surface area contributed by atoms with E-state index >= 15 is 0 Å². The minimum absolute atomic E-state index is 0.131. The molecule has 1 N–H and O–H groups in total. The molecule has 0 saturated heterocycles. The van der Waals surface area contributed by atoms with Gasteiger partial charge in [-0.05, 0) is 25.2 Å². The molecule has 4 rings (SSSR count). The van der Waals surface area contributed by atoms with E-state index in [0.717, 1.165) is 30.7 Å². The van der Waals surface area contributed by atoms with Crippen molar-refractivity contribution < 1.29 is 14.3 Å². The predicted molar refractivity (Wildman–Crippen MR) is 118 cm³/mol. The zero-order chi connectivity index (χ0) is 21.8. The van der Waals surface area contributed by atoms with Crippen molar-refractivity contribution in [3.05, 3.63) is 48.5 Å². The Morgan fingerprint density at radius 2 is 2.06 bits per heavy atom. The standard InChI is InChI=1S/C23H27N5O3/c1-3-27(4-2)13-14-31-20-9-11-24-15-17(20)26-23(30)21-19(29)10-12-28-18-8-6-5-7-16(18)25-22(21)28/h5-9,11,15,21H,3-4,10,12-14H2,1-2H3,(H,26,30). The molecule has 0 aliphatic carbocycles. The van der Waals surface area contributed by atoms with Crippen molar-refractivity contribution >= 4 is 28.4 Å². The average molecular weight is 422 g/mol. The number of nitrogens with zero attached hydrogens (tertiary/aromatic N) is 4. The van der Waals surface area contributed by atoms with Crippen LogP contribution in [-0.4, -0.2) is 57.4 Å². The summed E-state index contributed by atoms with van der Waals surface area (Å²) in [5.74, 6) is -0.476. The molecule has 0 fully saturated rings. The van der Waals surface area contributed by atoms with E-state index in [0.29, 0.717) is 36.8 Å². The van der Waals surface area contributed by atoms with Gasteiger partial charge in [-0.25, -0.2) is 4.98 Å². The Hall–Kier alpha value is -3.26. The van der Waals surface area contributed by atoms with Crippen LogP contribution in [0.4, 0.5) is 5.69 Å². The lowest BCUT2D eigenvalue weighted by atomic mass is 9.96. The number of Topliss-reactive ketones (excluding diaryl/α,β-unsaturated/α-hetero) is 1. The number of ketones is 1. The molecular weight excluding hydrogens is 394 g/mol. The van der Waals surface area contributed by atoms with Crippen LogP contribution in [-0.2, 0) is 16.1 Å². The summed E-state index contributed by atoms with van der Waals surface area (Å²) in [6, 6.07) is 9.40. The molecule has 31 heavy (non-hydrogen) atoms. The third-order valence-electron chi connectivity index (χ3n) is 5.71. The van der Waals surface area contributed by atoms with Gasteiger partial charge >= 0.3 is 0 Å². The molecule has 8 heteroatoms. The van der Waals surface area contributed by atoms with Gasteiger partial charge in [-0.15, -0.1) is 0 Å². The van der Waals surface area contributed by atoms with E-state index in [1.165, 1.54) is 0 Å². The van der Waals surface area contributed by atoms with Crippen LogP contribution in [0.5, 0.6) is 5.75 Å². The Kier molecular flexibility index (Phi) is 6.27. The fourth-order valence-electron chi connectivity index (χ4n) is 3.95. The quantitative estimate of drug-likeness (QED) is 0.563. The van der Waals surface area contributed by atoms with Gasteiger partial charge in [0.25, 0.3) is 0 Å². The van der Waals surface area contributed by atoms with Gasteiger partial charge in [-0.1, -0.05) is 26.0 Å². The number of ether oxygens (including phenoxy) is 1. The molecule has 1 atom stereocenters. The maximum absolute atomic E-state index is 13.2. The first-order chi connectivity index (χ1) is 15.1. The number of anilines is 1. The molecule has 0 saturated carbocycles. The van der Waals surface area contributed by atoms with E-state index in [4.69, 9.17) is 4.74 Å². The van der Waals surface area contributed by atoms with Gasteiger partial charge < -0.3 is 19.5 Å². The molecule has 0 bridgehead atoms. The van der Waals surface area contributed by atoms with Crippen molar-refractivity contribution in [2.45, 2.75) is 32.7 Å². The Morgan fingerprint density at radius 3 is 2.87 bits per heavy atom. The number of rotatable bonds is 8. The Bertz CT molecular complexity index is 1090. The summed E-state index contributed by atoms with van der Waals surface area (Å²) in [6.07, 6.45) is 3.46. The van der Waals surface area contributed by atoms with E-state index in [9.17, 15) is 9.59 Å². The summed E-state index contributed by atoms with van der Waals surface area (Å²) >= 11 is 0. The zero-order valence-electron chi connectivity index (χ0n) is 17.9. The number of hydrogen-bond donors (Lipinski definition) is 1. The van der Waals surface area contributed by atoms with Crippen LogP contribution < -0.4 is 10.1 Å². The van der Waals surface area contributed by atoms with Crippen LogP contribution in [0, 0.1) is 0 Å². The molecule has 1 aromatic carbocycles. The topological polar surface area (TPSA) is 89.4 Å². The number of para-hydroxylation sites is 2. The molecule has 1 aliphatic heterocycles. The molecular formula is C23H27N5O3. The molecule has 8 nitrogen and oxygen atoms in total. The SMILES string of the molecule is CCN(CC)CCOc1ccncc1NC(=O)C1C(=O)CCn2c1nc1ccccc12. The van der Waals surface area contributed by atoms with Gasteiger partial charge in [0.15, 0.2) is 11.7 Å². The van der Waals surface area contributed by atoms with Crippen molar-refractivity contribution in [1.29, 1.82) is 0 Å². The molecule has 1 amide bonds. The molecule has 162 valence electrons. The van der Waals surface area contributed by atoms with Crippen molar-refractivity contribution in [1.82, 2.24) is 19.4 Å². The van der Waals surface area contributed by atoms with Crippen LogP contribution in [0.2, 0.25) is 0 Å². The molecule has 3 heterocycles. The summed E-state index contributed by atoms with van der Waals surface area (Å²) in [4.78, 5) is 36.8. The maximum Gasteiger partial charge on any atom is 0.242 e. The number of imidazole rings is 1. The smallest absolute Gasteiger partial charge is 0.242 e. The van der Waals surface area contributed by atoms with Crippen molar-refractivity contribution in [2.24, 2.45) is 0 Å². The predicted octanol–water partition coefficient (Wildman–Crippen LogP) is 2.85. The van der Waals surface area contributed by atoms with Crippen molar-refractivity contribution in [3.63, 3.8) is 0 Å². The Balaban J connectivity index is 1.53. The minimum Gasteiger partial charge on any atom is -0.490 e. The number of nitrogens with one attached hydrogen (secondary N) is 1. The third-order valence-corrected chi connectivity index (χ3v) is 5.71. The van der Waals surface area contributed by atoms with E-state index in [1.54, 1.807) is 18.5 Å². The Labute approximate surface area is 181 Å². The number of aromatic nitrogens is 3. The van der Waals surface area contributed by atoms with Crippen LogP contribution in [0.3, 0.4) is 0 Å². The first kappa shape index (κ1) is 21.0. The molecule has 1 aliphatic rings. The van der Waals surface area contributed by atoms with E-state index < -0.39 is 11.8 Å². The highest BCUT2D eigenvalue weighted by Crippen LogP contribution is 2.31. The van der Waals surface area contributed by atoms with Gasteiger partial charge in [0, 0.05) is 31.8 Å². The minimum atomic E-state index is -0.954. The first-order valence-electron chi connectivity index (χ1n) is 10.7. The summed E-state index contributed by atoms with van der Waals surface area (Å²) in [6.45, 7) is 7.92. The maximum atomic E-state index is 13.2. The summed E-state index contributed by atoms with van der Waals surface area (Å²) in [5.41, 5.74) is 2.17. The number of carbonyl (C=O) groups excluding carboxylic acids is 2. The number of hydrogen-bond acceptors (Lipinski definition) is 6. The van der Waals surface area contributed by atoms with Crippen LogP contribution in [0.25, 0.3) is 11.0 Å². The normalized spacial score (nSPS) is 15.8. The lowest BCUT2D eigenvalue weighted by Gasteiger charge is -2.23. The second-order valence-corrected chi connectivity index (χ2v) is 7.50. The lowest BCUT2D eigenvalue weighted by Crippen LogP contribution is -2.34. The van der Waals surface area contributed by atoms with Crippen molar-refractivity contribution in [2.75, 3.05) is 31.6 Å². The van der Waals surface area contributed by atoms with E-state index in [1.807, 2.05) is 28.8 Å².